The number of aliphatic hydroxyl groups is 1. The van der Waals surface area contributed by atoms with Gasteiger partial charge >= 0.3 is 0 Å². The fourth-order valence-electron chi connectivity index (χ4n) is 2.62. The van der Waals surface area contributed by atoms with E-state index in [1.54, 1.807) is 24.3 Å². The topological polar surface area (TPSA) is 49.8 Å². The number of aliphatic hydroxyl groups excluding tert-OH is 1. The standard InChI is InChI=1S/C15H19F2NO3/c1-15(16,17)8-14(20)18-9-11(19)7-13(18)10-4-3-5-12(6-10)21-2/h3-6,11,13,19H,7-9H2,1-2H3/t11-,13-/m0/s1. The average Bonchev–Trinajstić information content (AvgIpc) is 2.79. The number of hydrogen-bond acceptors (Lipinski definition) is 3. The van der Waals surface area contributed by atoms with Crippen LogP contribution in [0.15, 0.2) is 24.3 Å². The lowest BCUT2D eigenvalue weighted by Crippen LogP contribution is -2.35. The maximum atomic E-state index is 13.0. The van der Waals surface area contributed by atoms with Crippen LogP contribution in [0.4, 0.5) is 8.78 Å². The zero-order valence-electron chi connectivity index (χ0n) is 12.1. The summed E-state index contributed by atoms with van der Waals surface area (Å²) in [5, 5.41) is 9.79. The van der Waals surface area contributed by atoms with Crippen LogP contribution in [0, 0.1) is 0 Å². The first kappa shape index (κ1) is 15.7. The summed E-state index contributed by atoms with van der Waals surface area (Å²) in [7, 11) is 1.53. The number of methoxy groups -OCH3 is 1. The molecule has 4 nitrogen and oxygen atoms in total. The SMILES string of the molecule is COc1cccc([C@@H]2C[C@H](O)CN2C(=O)CC(C)(F)F)c1. The third kappa shape index (κ3) is 3.91. The Labute approximate surface area is 122 Å². The predicted molar refractivity (Wildman–Crippen MR) is 73.3 cm³/mol. The number of ether oxygens (including phenoxy) is 1. The van der Waals surface area contributed by atoms with E-state index in [0.29, 0.717) is 12.2 Å². The molecule has 6 heteroatoms. The summed E-state index contributed by atoms with van der Waals surface area (Å²) in [6, 6.07) is 6.70. The van der Waals surface area contributed by atoms with Gasteiger partial charge in [-0.05, 0) is 31.0 Å². The molecule has 1 fully saturated rings. The highest BCUT2D eigenvalue weighted by atomic mass is 19.3. The lowest BCUT2D eigenvalue weighted by Gasteiger charge is -2.26. The molecule has 1 N–H and O–H groups in total. The van der Waals surface area contributed by atoms with Crippen LogP contribution in [0.2, 0.25) is 0 Å². The first-order valence-electron chi connectivity index (χ1n) is 6.79. The Balaban J connectivity index is 2.21. The van der Waals surface area contributed by atoms with E-state index in [0.717, 1.165) is 12.5 Å². The van der Waals surface area contributed by atoms with Gasteiger partial charge in [-0.15, -0.1) is 0 Å². The number of carbonyl (C=O) groups is 1. The Bertz CT molecular complexity index is 516. The fourth-order valence-corrected chi connectivity index (χ4v) is 2.62. The average molecular weight is 299 g/mol. The molecule has 116 valence electrons. The normalized spacial score (nSPS) is 22.4. The van der Waals surface area contributed by atoms with Crippen LogP contribution in [0.3, 0.4) is 0 Å². The van der Waals surface area contributed by atoms with Gasteiger partial charge in [-0.25, -0.2) is 8.78 Å². The van der Waals surface area contributed by atoms with E-state index in [-0.39, 0.29) is 6.54 Å². The molecule has 1 aromatic carbocycles. The number of rotatable bonds is 4. The molecular weight excluding hydrogens is 280 g/mol. The maximum absolute atomic E-state index is 13.0. The van der Waals surface area contributed by atoms with E-state index in [1.165, 1.54) is 12.0 Å². The number of amides is 1. The Hall–Kier alpha value is -1.69. The third-order valence-corrected chi connectivity index (χ3v) is 3.54. The van der Waals surface area contributed by atoms with Gasteiger partial charge in [0.15, 0.2) is 0 Å². The van der Waals surface area contributed by atoms with Gasteiger partial charge < -0.3 is 14.7 Å². The Morgan fingerprint density at radius 3 is 2.86 bits per heavy atom. The first-order chi connectivity index (χ1) is 9.80. The molecule has 0 unspecified atom stereocenters. The van der Waals surface area contributed by atoms with Crippen LogP contribution >= 0.6 is 0 Å². The van der Waals surface area contributed by atoms with E-state index < -0.39 is 30.4 Å². The van der Waals surface area contributed by atoms with Crippen LogP contribution in [0.1, 0.15) is 31.4 Å². The summed E-state index contributed by atoms with van der Waals surface area (Å²) in [5.74, 6) is -3.07. The zero-order valence-corrected chi connectivity index (χ0v) is 12.1. The van der Waals surface area contributed by atoms with Crippen molar-refractivity contribution >= 4 is 5.91 Å². The fraction of sp³-hybridized carbons (Fsp3) is 0.533. The van der Waals surface area contributed by atoms with Crippen molar-refractivity contribution in [1.82, 2.24) is 4.90 Å². The van der Waals surface area contributed by atoms with Crippen LogP contribution in [0.5, 0.6) is 5.75 Å². The zero-order chi connectivity index (χ0) is 15.6. The molecule has 1 aliphatic rings. The first-order valence-corrected chi connectivity index (χ1v) is 6.79. The lowest BCUT2D eigenvalue weighted by atomic mass is 10.0. The van der Waals surface area contributed by atoms with Crippen LogP contribution < -0.4 is 4.74 Å². The van der Waals surface area contributed by atoms with Gasteiger partial charge in [-0.3, -0.25) is 4.79 Å². The summed E-state index contributed by atoms with van der Waals surface area (Å²) in [6.07, 6.45) is -1.20. The number of halogens is 2. The summed E-state index contributed by atoms with van der Waals surface area (Å²) in [5.41, 5.74) is 0.777. The molecule has 1 aliphatic heterocycles. The monoisotopic (exact) mass is 299 g/mol. The van der Waals surface area contributed by atoms with Crippen molar-refractivity contribution in [1.29, 1.82) is 0 Å². The highest BCUT2D eigenvalue weighted by Crippen LogP contribution is 2.35. The Kier molecular flexibility index (Phi) is 4.46. The molecule has 0 saturated carbocycles. The summed E-state index contributed by atoms with van der Waals surface area (Å²) in [6.45, 7) is 0.800. The molecule has 1 saturated heterocycles. The van der Waals surface area contributed by atoms with E-state index in [9.17, 15) is 18.7 Å². The quantitative estimate of drug-likeness (QED) is 0.928. The maximum Gasteiger partial charge on any atom is 0.254 e. The van der Waals surface area contributed by atoms with Crippen molar-refractivity contribution in [2.75, 3.05) is 13.7 Å². The van der Waals surface area contributed by atoms with Crippen LogP contribution in [-0.4, -0.2) is 41.6 Å². The Morgan fingerprint density at radius 1 is 1.52 bits per heavy atom. The van der Waals surface area contributed by atoms with Crippen molar-refractivity contribution in [2.45, 2.75) is 37.8 Å². The van der Waals surface area contributed by atoms with Gasteiger partial charge in [0.25, 0.3) is 5.92 Å². The minimum Gasteiger partial charge on any atom is -0.497 e. The molecule has 1 amide bonds. The second-order valence-electron chi connectivity index (χ2n) is 5.48. The summed E-state index contributed by atoms with van der Waals surface area (Å²) in [4.78, 5) is 13.4. The van der Waals surface area contributed by atoms with Gasteiger partial charge in [0.1, 0.15) is 5.75 Å². The second-order valence-corrected chi connectivity index (χ2v) is 5.48. The van der Waals surface area contributed by atoms with Gasteiger partial charge in [0.05, 0.1) is 25.7 Å². The predicted octanol–water partition coefficient (Wildman–Crippen LogP) is 2.37. The van der Waals surface area contributed by atoms with Gasteiger partial charge in [-0.1, -0.05) is 12.1 Å². The van der Waals surface area contributed by atoms with E-state index in [4.69, 9.17) is 4.74 Å². The number of alkyl halides is 2. The molecule has 0 aromatic heterocycles. The number of nitrogens with zero attached hydrogens (tertiary/aromatic N) is 1. The van der Waals surface area contributed by atoms with Crippen molar-refractivity contribution in [3.05, 3.63) is 29.8 Å². The minimum absolute atomic E-state index is 0.0801. The molecule has 0 bridgehead atoms. The van der Waals surface area contributed by atoms with Crippen molar-refractivity contribution in [3.63, 3.8) is 0 Å². The molecule has 0 spiro atoms. The molecule has 2 atom stereocenters. The lowest BCUT2D eigenvalue weighted by molar-refractivity contribution is -0.139. The van der Waals surface area contributed by atoms with Crippen LogP contribution in [0.25, 0.3) is 0 Å². The number of likely N-dealkylation sites (tertiary alicyclic amines) is 1. The summed E-state index contributed by atoms with van der Waals surface area (Å²) < 4.78 is 31.2. The second kappa shape index (κ2) is 5.97. The van der Waals surface area contributed by atoms with E-state index in [1.807, 2.05) is 0 Å². The van der Waals surface area contributed by atoms with Crippen molar-refractivity contribution < 1.29 is 23.4 Å². The highest BCUT2D eigenvalue weighted by molar-refractivity contribution is 5.78. The number of benzene rings is 1. The molecule has 1 heterocycles. The van der Waals surface area contributed by atoms with E-state index >= 15 is 0 Å². The number of carbonyl (C=O) groups excluding carboxylic acids is 1. The van der Waals surface area contributed by atoms with Gasteiger partial charge in [-0.2, -0.15) is 0 Å². The van der Waals surface area contributed by atoms with Crippen molar-refractivity contribution in [2.24, 2.45) is 0 Å². The molecule has 21 heavy (non-hydrogen) atoms. The smallest absolute Gasteiger partial charge is 0.254 e. The molecule has 0 aliphatic carbocycles. The molecule has 0 radical (unpaired) electrons. The van der Waals surface area contributed by atoms with Crippen molar-refractivity contribution in [3.8, 4) is 5.75 Å². The molecule has 2 rings (SSSR count). The summed E-state index contributed by atoms with van der Waals surface area (Å²) >= 11 is 0. The van der Waals surface area contributed by atoms with E-state index in [2.05, 4.69) is 0 Å². The number of β-amino-alcohol motifs (C(OH)–C–C–N with tert-alkyl or cyclic N) is 1. The highest BCUT2D eigenvalue weighted by Gasteiger charge is 2.38. The van der Waals surface area contributed by atoms with Gasteiger partial charge in [0.2, 0.25) is 5.91 Å². The third-order valence-electron chi connectivity index (χ3n) is 3.54. The number of hydrogen-bond donors (Lipinski definition) is 1. The van der Waals surface area contributed by atoms with Gasteiger partial charge in [0, 0.05) is 6.54 Å². The minimum atomic E-state index is -3.05. The van der Waals surface area contributed by atoms with Crippen LogP contribution in [-0.2, 0) is 4.79 Å². The molecule has 1 aromatic rings. The Morgan fingerprint density at radius 2 is 2.24 bits per heavy atom. The largest absolute Gasteiger partial charge is 0.497 e. The molecular formula is C15H19F2NO3.